The van der Waals surface area contributed by atoms with Crippen molar-refractivity contribution in [3.8, 4) is 11.5 Å². The molecule has 0 fully saturated rings. The van der Waals surface area contributed by atoms with E-state index in [1.807, 2.05) is 0 Å². The van der Waals surface area contributed by atoms with Crippen LogP contribution in [0.15, 0.2) is 18.2 Å². The number of carbonyl (C=O) groups is 1. The van der Waals surface area contributed by atoms with Gasteiger partial charge in [-0.25, -0.2) is 0 Å². The fraction of sp³-hybridized carbons (Fsp3) is 0.462. The topological polar surface area (TPSA) is 86.2 Å². The molecule has 0 radical (unpaired) electrons. The molecule has 5 nitrogen and oxygen atoms in total. The molecule has 0 bridgehead atoms. The van der Waals surface area contributed by atoms with Crippen molar-refractivity contribution in [3.63, 3.8) is 0 Å². The minimum Gasteiger partial charge on any atom is -0.544 e. The van der Waals surface area contributed by atoms with Gasteiger partial charge in [0.1, 0.15) is 5.97 Å². The summed E-state index contributed by atoms with van der Waals surface area (Å²) in [6, 6.07) is 4.07. The number of carbonyl (C=O) groups excluding carboxylic acids is 1. The van der Waals surface area contributed by atoms with Crippen LogP contribution in [0.5, 0.6) is 11.5 Å². The first-order chi connectivity index (χ1) is 8.60. The van der Waals surface area contributed by atoms with Gasteiger partial charge in [0.2, 0.25) is 0 Å². The number of hydrogen-bond donors (Lipinski definition) is 1. The number of unbranched alkanes of at least 4 members (excludes halogenated alkanes) is 1. The molecule has 100 valence electrons. The number of carboxylic acid groups (broad SMARTS) is 1. The molecule has 0 spiro atoms. The minimum atomic E-state index is -1.21. The summed E-state index contributed by atoms with van der Waals surface area (Å²) in [5.41, 5.74) is 4.07. The number of quaternary nitrogens is 1. The van der Waals surface area contributed by atoms with Gasteiger partial charge in [-0.1, -0.05) is 13.3 Å². The third-order valence-corrected chi connectivity index (χ3v) is 2.63. The van der Waals surface area contributed by atoms with Gasteiger partial charge < -0.3 is 25.1 Å². The van der Waals surface area contributed by atoms with Crippen molar-refractivity contribution in [2.24, 2.45) is 0 Å². The molecule has 0 aliphatic carbocycles. The first-order valence-electron chi connectivity index (χ1n) is 5.94. The zero-order valence-electron chi connectivity index (χ0n) is 10.8. The maximum absolute atomic E-state index is 10.7. The second kappa shape index (κ2) is 6.86. The van der Waals surface area contributed by atoms with E-state index >= 15 is 0 Å². The molecule has 0 unspecified atom stereocenters. The lowest BCUT2D eigenvalue weighted by Gasteiger charge is -2.14. The van der Waals surface area contributed by atoms with Crippen molar-refractivity contribution in [1.29, 1.82) is 0 Å². The van der Waals surface area contributed by atoms with Crippen LogP contribution in [0.4, 0.5) is 0 Å². The van der Waals surface area contributed by atoms with E-state index in [1.165, 1.54) is 7.11 Å². The smallest absolute Gasteiger partial charge is 0.161 e. The number of carboxylic acids is 1. The lowest BCUT2D eigenvalue weighted by molar-refractivity contribution is -0.443. The van der Waals surface area contributed by atoms with Gasteiger partial charge in [0, 0.05) is 5.56 Å². The van der Waals surface area contributed by atoms with Gasteiger partial charge in [-0.3, -0.25) is 0 Å². The zero-order valence-corrected chi connectivity index (χ0v) is 10.8. The van der Waals surface area contributed by atoms with E-state index in [-0.39, 0.29) is 0 Å². The van der Waals surface area contributed by atoms with Crippen molar-refractivity contribution >= 4 is 5.97 Å². The lowest BCUT2D eigenvalue weighted by Crippen LogP contribution is -2.61. The average molecular weight is 253 g/mol. The third kappa shape index (κ3) is 3.63. The van der Waals surface area contributed by atoms with Crippen molar-refractivity contribution in [2.45, 2.75) is 25.8 Å². The Morgan fingerprint density at radius 3 is 2.72 bits per heavy atom. The van der Waals surface area contributed by atoms with Crippen LogP contribution >= 0.6 is 0 Å². The zero-order chi connectivity index (χ0) is 13.5. The summed E-state index contributed by atoms with van der Waals surface area (Å²) in [6.45, 7) is 2.69. The van der Waals surface area contributed by atoms with E-state index in [9.17, 15) is 9.90 Å². The molecule has 0 saturated heterocycles. The Hall–Kier alpha value is -1.75. The summed E-state index contributed by atoms with van der Waals surface area (Å²) < 4.78 is 10.7. The maximum atomic E-state index is 10.7. The fourth-order valence-corrected chi connectivity index (χ4v) is 1.48. The summed E-state index contributed by atoms with van der Waals surface area (Å²) in [6.07, 6.45) is 2.01. The van der Waals surface area contributed by atoms with Gasteiger partial charge in [-0.05, 0) is 24.6 Å². The molecule has 3 N–H and O–H groups in total. The van der Waals surface area contributed by atoms with Gasteiger partial charge >= 0.3 is 0 Å². The summed E-state index contributed by atoms with van der Waals surface area (Å²) in [4.78, 5) is 10.7. The molecule has 18 heavy (non-hydrogen) atoms. The molecule has 1 rings (SSSR count). The molecule has 1 atom stereocenters. The molecule has 0 aliphatic heterocycles. The number of methoxy groups -OCH3 is 1. The van der Waals surface area contributed by atoms with E-state index in [2.05, 4.69) is 12.7 Å². The first kappa shape index (κ1) is 14.3. The van der Waals surface area contributed by atoms with Gasteiger partial charge in [-0.2, -0.15) is 0 Å². The predicted octanol–water partition coefficient (Wildman–Crippen LogP) is -0.0930. The molecule has 1 aromatic rings. The Balaban J connectivity index is 2.86. The Kier molecular flexibility index (Phi) is 5.45. The molecule has 0 saturated carbocycles. The highest BCUT2D eigenvalue weighted by molar-refractivity contribution is 5.72. The molecule has 0 amide bonds. The highest BCUT2D eigenvalue weighted by Gasteiger charge is 2.14. The monoisotopic (exact) mass is 253 g/mol. The van der Waals surface area contributed by atoms with Crippen molar-refractivity contribution in [3.05, 3.63) is 23.8 Å². The Bertz CT molecular complexity index is 406. The van der Waals surface area contributed by atoms with Crippen LogP contribution in [-0.2, 0) is 4.79 Å². The Morgan fingerprint density at radius 2 is 2.17 bits per heavy atom. The highest BCUT2D eigenvalue weighted by atomic mass is 16.5. The van der Waals surface area contributed by atoms with Crippen LogP contribution in [-0.4, -0.2) is 19.7 Å². The van der Waals surface area contributed by atoms with Crippen molar-refractivity contribution < 1.29 is 25.1 Å². The largest absolute Gasteiger partial charge is 0.544 e. The summed E-state index contributed by atoms with van der Waals surface area (Å²) in [5.74, 6) is -0.0875. The van der Waals surface area contributed by atoms with E-state index < -0.39 is 12.0 Å². The summed E-state index contributed by atoms with van der Waals surface area (Å²) in [5, 5.41) is 10.7. The molecular weight excluding hydrogens is 234 g/mol. The number of rotatable bonds is 7. The fourth-order valence-electron chi connectivity index (χ4n) is 1.48. The second-order valence-electron chi connectivity index (χ2n) is 3.98. The molecular formula is C13H19NO4. The minimum absolute atomic E-state index is 0.513. The van der Waals surface area contributed by atoms with E-state index in [1.54, 1.807) is 18.2 Å². The maximum Gasteiger partial charge on any atom is 0.161 e. The van der Waals surface area contributed by atoms with Gasteiger partial charge in [0.15, 0.2) is 17.5 Å². The van der Waals surface area contributed by atoms with Crippen LogP contribution in [0.2, 0.25) is 0 Å². The summed E-state index contributed by atoms with van der Waals surface area (Å²) in [7, 11) is 1.52. The predicted molar refractivity (Wildman–Crippen MR) is 64.0 cm³/mol. The standard InChI is InChI=1S/C13H19NO4/c1-3-4-7-18-10-6-5-9(8-11(10)17-2)12(14)13(15)16/h5-6,8,12H,3-4,7,14H2,1-2H3,(H,15,16)/t12-/m1/s1. The molecule has 0 aromatic heterocycles. The third-order valence-electron chi connectivity index (χ3n) is 2.63. The van der Waals surface area contributed by atoms with Crippen LogP contribution < -0.4 is 20.3 Å². The molecule has 1 aromatic carbocycles. The SMILES string of the molecule is CCCCOc1ccc([C@@H]([NH3+])C(=O)[O-])cc1OC. The normalized spacial score (nSPS) is 11.9. The van der Waals surface area contributed by atoms with Crippen LogP contribution in [0.1, 0.15) is 31.4 Å². The second-order valence-corrected chi connectivity index (χ2v) is 3.98. The van der Waals surface area contributed by atoms with Crippen LogP contribution in [0, 0.1) is 0 Å². The first-order valence-corrected chi connectivity index (χ1v) is 5.94. The molecule has 0 aliphatic rings. The Morgan fingerprint density at radius 1 is 1.44 bits per heavy atom. The van der Waals surface area contributed by atoms with Gasteiger partial charge in [-0.15, -0.1) is 0 Å². The van der Waals surface area contributed by atoms with Crippen molar-refractivity contribution in [1.82, 2.24) is 0 Å². The van der Waals surface area contributed by atoms with E-state index in [0.29, 0.717) is 23.7 Å². The van der Waals surface area contributed by atoms with Gasteiger partial charge in [0.05, 0.1) is 13.7 Å². The average Bonchev–Trinajstić information content (AvgIpc) is 2.38. The van der Waals surface area contributed by atoms with Crippen LogP contribution in [0.3, 0.4) is 0 Å². The number of aliphatic carboxylic acids is 1. The number of benzene rings is 1. The highest BCUT2D eigenvalue weighted by Crippen LogP contribution is 2.29. The molecule has 5 heteroatoms. The lowest BCUT2D eigenvalue weighted by atomic mass is 10.1. The Labute approximate surface area is 107 Å². The van der Waals surface area contributed by atoms with Crippen LogP contribution in [0.25, 0.3) is 0 Å². The van der Waals surface area contributed by atoms with E-state index in [0.717, 1.165) is 12.8 Å². The number of ether oxygens (including phenoxy) is 2. The van der Waals surface area contributed by atoms with Crippen molar-refractivity contribution in [2.75, 3.05) is 13.7 Å². The molecule has 0 heterocycles. The van der Waals surface area contributed by atoms with Gasteiger partial charge in [0.25, 0.3) is 0 Å². The summed E-state index contributed by atoms with van der Waals surface area (Å²) >= 11 is 0. The quantitative estimate of drug-likeness (QED) is 0.688. The van der Waals surface area contributed by atoms with E-state index in [4.69, 9.17) is 9.47 Å². The number of hydrogen-bond acceptors (Lipinski definition) is 4.